The number of nitrogens with zero attached hydrogens (tertiary/aromatic N) is 5. The molecule has 11 nitrogen and oxygen atoms in total. The molecule has 296 valence electrons. The van der Waals surface area contributed by atoms with Gasteiger partial charge < -0.3 is 25.2 Å². The standard InChI is InChI=1S/C42H48F3N7O4/c1-41(2,3)56-40(55)52-21-9-18-50(22-23-52)28-32-12-8-13-36(48-32)39(54)49-35-15-14-33(51-19-5-4-6-20-51)26-34(35)37-25-30(16-17-46-37)38(53)47-27-29-10-7-11-31(24-29)42(43,44)45/h7-8,10-17,24-26H,4-6,9,18-23,27-28H2,1-3H3,(H,47,53)(H,49,54). The van der Waals surface area contributed by atoms with Gasteiger partial charge in [0, 0.05) is 75.4 Å². The van der Waals surface area contributed by atoms with Gasteiger partial charge >= 0.3 is 12.3 Å². The molecule has 3 amide bonds. The predicted octanol–water partition coefficient (Wildman–Crippen LogP) is 7.78. The van der Waals surface area contributed by atoms with Gasteiger partial charge in [-0.05, 0) is 107 Å². The second-order valence-corrected chi connectivity index (χ2v) is 15.2. The molecule has 0 radical (unpaired) electrons. The van der Waals surface area contributed by atoms with Crippen LogP contribution in [0.5, 0.6) is 0 Å². The Balaban J connectivity index is 1.18. The van der Waals surface area contributed by atoms with Crippen molar-refractivity contribution >= 4 is 29.3 Å². The Kier molecular flexibility index (Phi) is 12.6. The van der Waals surface area contributed by atoms with Gasteiger partial charge in [-0.1, -0.05) is 18.2 Å². The quantitative estimate of drug-likeness (QED) is 0.177. The lowest BCUT2D eigenvalue weighted by molar-refractivity contribution is -0.137. The zero-order valence-corrected chi connectivity index (χ0v) is 32.0. The Morgan fingerprint density at radius 1 is 0.804 bits per heavy atom. The fourth-order valence-electron chi connectivity index (χ4n) is 6.81. The van der Waals surface area contributed by atoms with E-state index >= 15 is 0 Å². The molecule has 0 aliphatic carbocycles. The first-order valence-electron chi connectivity index (χ1n) is 19.0. The van der Waals surface area contributed by atoms with E-state index < -0.39 is 29.2 Å². The molecule has 4 heterocycles. The maximum atomic E-state index is 13.8. The highest BCUT2D eigenvalue weighted by atomic mass is 19.4. The number of anilines is 2. The number of halogens is 3. The van der Waals surface area contributed by atoms with Gasteiger partial charge in [0.2, 0.25) is 0 Å². The number of nitrogens with one attached hydrogen (secondary N) is 2. The number of carbonyl (C=O) groups excluding carboxylic acids is 3. The summed E-state index contributed by atoms with van der Waals surface area (Å²) < 4.78 is 45.3. The van der Waals surface area contributed by atoms with Crippen LogP contribution in [-0.4, -0.2) is 82.5 Å². The molecule has 0 bridgehead atoms. The second-order valence-electron chi connectivity index (χ2n) is 15.2. The molecule has 0 atom stereocenters. The highest BCUT2D eigenvalue weighted by Crippen LogP contribution is 2.33. The van der Waals surface area contributed by atoms with Gasteiger partial charge in [-0.3, -0.25) is 19.5 Å². The van der Waals surface area contributed by atoms with Crippen LogP contribution < -0.4 is 15.5 Å². The molecule has 56 heavy (non-hydrogen) atoms. The molecular weight excluding hydrogens is 724 g/mol. The van der Waals surface area contributed by atoms with Crippen LogP contribution in [0.25, 0.3) is 11.3 Å². The van der Waals surface area contributed by atoms with E-state index in [0.717, 1.165) is 68.8 Å². The summed E-state index contributed by atoms with van der Waals surface area (Å²) in [6.45, 7) is 10.3. The fraction of sp³-hybridized carbons (Fsp3) is 0.405. The molecule has 4 aromatic rings. The van der Waals surface area contributed by atoms with E-state index in [-0.39, 0.29) is 23.9 Å². The van der Waals surface area contributed by atoms with Crippen molar-refractivity contribution in [1.82, 2.24) is 25.1 Å². The number of benzene rings is 2. The van der Waals surface area contributed by atoms with Crippen LogP contribution in [-0.2, 0) is 24.0 Å². The Morgan fingerprint density at radius 3 is 2.36 bits per heavy atom. The number of alkyl halides is 3. The van der Waals surface area contributed by atoms with Crippen LogP contribution >= 0.6 is 0 Å². The van der Waals surface area contributed by atoms with Crippen molar-refractivity contribution in [3.63, 3.8) is 0 Å². The number of amides is 3. The molecule has 0 saturated carbocycles. The van der Waals surface area contributed by atoms with Crippen molar-refractivity contribution in [2.45, 2.75) is 71.3 Å². The minimum Gasteiger partial charge on any atom is -0.444 e. The molecule has 2 saturated heterocycles. The van der Waals surface area contributed by atoms with Gasteiger partial charge in [-0.15, -0.1) is 0 Å². The number of ether oxygens (including phenoxy) is 1. The first-order chi connectivity index (χ1) is 26.7. The molecule has 6 rings (SSSR count). The van der Waals surface area contributed by atoms with Gasteiger partial charge in [-0.25, -0.2) is 9.78 Å². The van der Waals surface area contributed by atoms with E-state index in [4.69, 9.17) is 9.72 Å². The lowest BCUT2D eigenvalue weighted by atomic mass is 10.0. The van der Waals surface area contributed by atoms with Crippen LogP contribution in [0.15, 0.2) is 79.0 Å². The zero-order valence-electron chi connectivity index (χ0n) is 32.0. The van der Waals surface area contributed by atoms with E-state index in [1.165, 1.54) is 24.4 Å². The largest absolute Gasteiger partial charge is 0.444 e. The van der Waals surface area contributed by atoms with Crippen LogP contribution in [0.1, 0.15) is 84.1 Å². The summed E-state index contributed by atoms with van der Waals surface area (Å²) in [5.74, 6) is -0.896. The minimum atomic E-state index is -4.49. The lowest BCUT2D eigenvalue weighted by Gasteiger charge is -2.29. The van der Waals surface area contributed by atoms with E-state index in [0.29, 0.717) is 48.7 Å². The smallest absolute Gasteiger partial charge is 0.416 e. The molecule has 0 spiro atoms. The molecule has 2 fully saturated rings. The summed E-state index contributed by atoms with van der Waals surface area (Å²) in [5, 5.41) is 5.73. The highest BCUT2D eigenvalue weighted by molar-refractivity contribution is 6.05. The van der Waals surface area contributed by atoms with Crippen molar-refractivity contribution in [3.8, 4) is 11.3 Å². The summed E-state index contributed by atoms with van der Waals surface area (Å²) >= 11 is 0. The maximum absolute atomic E-state index is 13.8. The number of pyridine rings is 2. The average molecular weight is 772 g/mol. The summed E-state index contributed by atoms with van der Waals surface area (Å²) in [6.07, 6.45) is 0.751. The summed E-state index contributed by atoms with van der Waals surface area (Å²) in [5.41, 5.74) is 2.65. The first-order valence-corrected chi connectivity index (χ1v) is 19.0. The Bertz CT molecular complexity index is 2030. The van der Waals surface area contributed by atoms with Crippen molar-refractivity contribution in [3.05, 3.63) is 107 Å². The molecule has 0 unspecified atom stereocenters. The normalized spacial score (nSPS) is 15.5. The Labute approximate surface area is 325 Å². The van der Waals surface area contributed by atoms with Gasteiger partial charge in [-0.2, -0.15) is 13.2 Å². The summed E-state index contributed by atoms with van der Waals surface area (Å²) in [4.78, 5) is 55.2. The third kappa shape index (κ3) is 10.8. The monoisotopic (exact) mass is 771 g/mol. The molecule has 2 N–H and O–H groups in total. The van der Waals surface area contributed by atoms with Gasteiger partial charge in [0.05, 0.1) is 22.6 Å². The highest BCUT2D eigenvalue weighted by Gasteiger charge is 2.30. The van der Waals surface area contributed by atoms with Crippen molar-refractivity contribution < 1.29 is 32.3 Å². The Morgan fingerprint density at radius 2 is 1.59 bits per heavy atom. The fourth-order valence-corrected chi connectivity index (χ4v) is 6.81. The number of rotatable bonds is 9. The van der Waals surface area contributed by atoms with Crippen LogP contribution in [0, 0.1) is 0 Å². The SMILES string of the molecule is CC(C)(C)OC(=O)N1CCCN(Cc2cccc(C(=O)Nc3ccc(N4CCCCC4)cc3-c3cc(C(=O)NCc4cccc(C(F)(F)F)c4)ccn3)n2)CC1. The van der Waals surface area contributed by atoms with Gasteiger partial charge in [0.25, 0.3) is 11.8 Å². The topological polar surface area (TPSA) is 120 Å². The second kappa shape index (κ2) is 17.5. The maximum Gasteiger partial charge on any atom is 0.416 e. The molecule has 2 aromatic carbocycles. The van der Waals surface area contributed by atoms with Crippen LogP contribution in [0.3, 0.4) is 0 Å². The third-order valence-corrected chi connectivity index (χ3v) is 9.64. The van der Waals surface area contributed by atoms with Crippen LogP contribution in [0.2, 0.25) is 0 Å². The third-order valence-electron chi connectivity index (χ3n) is 9.64. The summed E-state index contributed by atoms with van der Waals surface area (Å²) in [6, 6.07) is 19.0. The Hall–Kier alpha value is -5.50. The van der Waals surface area contributed by atoms with Crippen molar-refractivity contribution in [2.24, 2.45) is 0 Å². The number of carbonyl (C=O) groups is 3. The molecular formula is C42H48F3N7O4. The minimum absolute atomic E-state index is 0.0967. The first kappa shape index (κ1) is 40.2. The average Bonchev–Trinajstić information content (AvgIpc) is 3.42. The zero-order chi connectivity index (χ0) is 39.9. The number of aromatic nitrogens is 2. The lowest BCUT2D eigenvalue weighted by Crippen LogP contribution is -2.39. The molecule has 14 heteroatoms. The van der Waals surface area contributed by atoms with Crippen molar-refractivity contribution in [2.75, 3.05) is 49.5 Å². The van der Waals surface area contributed by atoms with Gasteiger partial charge in [0.15, 0.2) is 0 Å². The van der Waals surface area contributed by atoms with Gasteiger partial charge in [0.1, 0.15) is 11.3 Å². The number of hydrogen-bond donors (Lipinski definition) is 2. The predicted molar refractivity (Wildman–Crippen MR) is 208 cm³/mol. The number of piperidine rings is 1. The number of hydrogen-bond acceptors (Lipinski definition) is 8. The van der Waals surface area contributed by atoms with Crippen molar-refractivity contribution in [1.29, 1.82) is 0 Å². The van der Waals surface area contributed by atoms with E-state index in [2.05, 4.69) is 25.4 Å². The van der Waals surface area contributed by atoms with E-state index in [1.54, 1.807) is 23.1 Å². The molecule has 2 aliphatic rings. The van der Waals surface area contributed by atoms with E-state index in [9.17, 15) is 27.6 Å². The molecule has 2 aromatic heterocycles. The van der Waals surface area contributed by atoms with Crippen LogP contribution in [0.4, 0.5) is 29.3 Å². The summed E-state index contributed by atoms with van der Waals surface area (Å²) in [7, 11) is 0. The molecule has 2 aliphatic heterocycles. The van der Waals surface area contributed by atoms with E-state index in [1.807, 2.05) is 45.0 Å².